The van der Waals surface area contributed by atoms with Crippen LogP contribution in [-0.4, -0.2) is 40.2 Å². The van der Waals surface area contributed by atoms with E-state index in [-0.39, 0.29) is 5.78 Å². The fourth-order valence-electron chi connectivity index (χ4n) is 2.80. The number of hydrogen-bond donors (Lipinski definition) is 1. The zero-order valence-electron chi connectivity index (χ0n) is 15.4. The Labute approximate surface area is 166 Å². The summed E-state index contributed by atoms with van der Waals surface area (Å²) in [5.74, 6) is 1.60. The number of carbonyl (C=O) groups excluding carboxylic acids is 1. The van der Waals surface area contributed by atoms with Crippen molar-refractivity contribution in [3.05, 3.63) is 45.9 Å². The Morgan fingerprint density at radius 3 is 2.67 bits per heavy atom. The first-order valence-electron chi connectivity index (χ1n) is 8.37. The number of rotatable bonds is 5. The van der Waals surface area contributed by atoms with Gasteiger partial charge in [-0.2, -0.15) is 0 Å². The number of nitrogens with two attached hydrogens (primary N) is 1. The lowest BCUT2D eigenvalue weighted by Crippen LogP contribution is -2.16. The first-order valence-corrected chi connectivity index (χ1v) is 9.16. The van der Waals surface area contributed by atoms with E-state index in [0.717, 1.165) is 11.3 Å². The molecule has 3 rings (SSSR count). The smallest absolute Gasteiger partial charge is 0.203 e. The molecule has 1 aliphatic heterocycles. The van der Waals surface area contributed by atoms with Gasteiger partial charge in [-0.15, -0.1) is 0 Å². The number of benzene rings is 2. The Hall–Kier alpha value is -2.67. The number of halogens is 1. The number of Topliss-reactive ketones (excluding diaryl/α,β-unsaturated/α-hetero) is 1. The minimum absolute atomic E-state index is 0.146. The minimum Gasteiger partial charge on any atom is -0.493 e. The molecule has 1 heterocycles. The lowest BCUT2D eigenvalue weighted by molar-refractivity contribution is 0.104. The molecule has 1 aliphatic rings. The zero-order valence-corrected chi connectivity index (χ0v) is 17.0. The molecule has 0 amide bonds. The predicted molar refractivity (Wildman–Crippen MR) is 110 cm³/mol. The van der Waals surface area contributed by atoms with E-state index in [0.29, 0.717) is 46.2 Å². The molecule has 0 saturated carbocycles. The zero-order chi connectivity index (χ0) is 19.6. The molecule has 0 atom stereocenters. The molecular weight excluding hydrogens is 412 g/mol. The second-order valence-corrected chi connectivity index (χ2v) is 7.09. The van der Waals surface area contributed by atoms with Gasteiger partial charge in [0.25, 0.3) is 0 Å². The lowest BCUT2D eigenvalue weighted by atomic mass is 10.1. The normalized spacial score (nSPS) is 13.3. The highest BCUT2D eigenvalue weighted by Gasteiger charge is 2.19. The number of nitrogen functional groups attached to an aromatic ring is 1. The third-order valence-corrected chi connectivity index (χ3v) is 4.72. The largest absolute Gasteiger partial charge is 0.493 e. The number of anilines is 2. The van der Waals surface area contributed by atoms with Crippen LogP contribution in [0.15, 0.2) is 34.8 Å². The third-order valence-electron chi connectivity index (χ3n) is 4.14. The molecule has 0 unspecified atom stereocenters. The third kappa shape index (κ3) is 4.03. The summed E-state index contributed by atoms with van der Waals surface area (Å²) >= 11 is 3.39. The molecule has 0 radical (unpaired) electrons. The van der Waals surface area contributed by atoms with E-state index < -0.39 is 0 Å². The van der Waals surface area contributed by atoms with Crippen molar-refractivity contribution in [2.24, 2.45) is 0 Å². The van der Waals surface area contributed by atoms with Crippen LogP contribution < -0.4 is 24.8 Å². The van der Waals surface area contributed by atoms with Crippen LogP contribution in [0, 0.1) is 0 Å². The minimum atomic E-state index is -0.146. The molecule has 7 heteroatoms. The molecule has 0 saturated heterocycles. The van der Waals surface area contributed by atoms with Crippen LogP contribution in [0.3, 0.4) is 0 Å². The van der Waals surface area contributed by atoms with Crippen molar-refractivity contribution in [1.29, 1.82) is 0 Å². The summed E-state index contributed by atoms with van der Waals surface area (Å²) in [7, 11) is 5.33. The first-order chi connectivity index (χ1) is 12.9. The van der Waals surface area contributed by atoms with Crippen molar-refractivity contribution >= 4 is 39.2 Å². The van der Waals surface area contributed by atoms with Crippen LogP contribution in [0.25, 0.3) is 6.08 Å². The average Bonchev–Trinajstić information content (AvgIpc) is 2.66. The molecule has 0 bridgehead atoms. The van der Waals surface area contributed by atoms with Gasteiger partial charge in [0.1, 0.15) is 13.2 Å². The summed E-state index contributed by atoms with van der Waals surface area (Å²) in [6.45, 7) is 0.953. The van der Waals surface area contributed by atoms with Crippen LogP contribution >= 0.6 is 15.9 Å². The number of allylic oxidation sites excluding steroid dienone is 1. The van der Waals surface area contributed by atoms with Crippen molar-refractivity contribution in [2.45, 2.75) is 0 Å². The summed E-state index contributed by atoms with van der Waals surface area (Å²) in [5, 5.41) is 0. The topological polar surface area (TPSA) is 74.0 Å². The van der Waals surface area contributed by atoms with Gasteiger partial charge in [-0.05, 0) is 57.9 Å². The van der Waals surface area contributed by atoms with Crippen molar-refractivity contribution in [3.8, 4) is 17.2 Å². The van der Waals surface area contributed by atoms with Gasteiger partial charge in [0.15, 0.2) is 17.3 Å². The number of carbonyl (C=O) groups is 1. The highest BCUT2D eigenvalue weighted by atomic mass is 79.9. The molecule has 0 fully saturated rings. The Bertz CT molecular complexity index is 892. The summed E-state index contributed by atoms with van der Waals surface area (Å²) in [6, 6.07) is 8.84. The van der Waals surface area contributed by atoms with Gasteiger partial charge < -0.3 is 24.8 Å². The molecule has 0 aliphatic carbocycles. The van der Waals surface area contributed by atoms with Crippen LogP contribution in [0.2, 0.25) is 0 Å². The van der Waals surface area contributed by atoms with Gasteiger partial charge in [0.2, 0.25) is 5.75 Å². The summed E-state index contributed by atoms with van der Waals surface area (Å²) < 4.78 is 17.0. The van der Waals surface area contributed by atoms with Crippen LogP contribution in [0.1, 0.15) is 15.9 Å². The van der Waals surface area contributed by atoms with E-state index >= 15 is 0 Å². The predicted octanol–water partition coefficient (Wildman–Crippen LogP) is 3.73. The Balaban J connectivity index is 1.93. The van der Waals surface area contributed by atoms with E-state index in [1.165, 1.54) is 0 Å². The maximum atomic E-state index is 12.8. The van der Waals surface area contributed by atoms with E-state index in [9.17, 15) is 4.79 Å². The lowest BCUT2D eigenvalue weighted by Gasteiger charge is -2.21. The molecule has 27 heavy (non-hydrogen) atoms. The van der Waals surface area contributed by atoms with E-state index in [2.05, 4.69) is 15.9 Å². The number of ether oxygens (including phenoxy) is 3. The van der Waals surface area contributed by atoms with Crippen LogP contribution in [0.5, 0.6) is 17.2 Å². The molecule has 0 aromatic heterocycles. The summed E-state index contributed by atoms with van der Waals surface area (Å²) in [6.07, 6.45) is 1.73. The second-order valence-electron chi connectivity index (χ2n) is 6.24. The molecule has 6 nitrogen and oxygen atoms in total. The van der Waals surface area contributed by atoms with E-state index in [4.69, 9.17) is 19.9 Å². The number of nitrogens with zero attached hydrogens (tertiary/aromatic N) is 1. The maximum absolute atomic E-state index is 12.8. The van der Waals surface area contributed by atoms with Gasteiger partial charge in [0, 0.05) is 19.7 Å². The average molecular weight is 433 g/mol. The maximum Gasteiger partial charge on any atom is 0.203 e. The highest BCUT2D eigenvalue weighted by Crippen LogP contribution is 2.41. The Morgan fingerprint density at radius 1 is 1.22 bits per heavy atom. The molecule has 2 aromatic rings. The highest BCUT2D eigenvalue weighted by molar-refractivity contribution is 9.12. The molecule has 2 aromatic carbocycles. The Kier molecular flexibility index (Phi) is 5.60. The second kappa shape index (κ2) is 7.92. The summed E-state index contributed by atoms with van der Waals surface area (Å²) in [4.78, 5) is 14.7. The van der Waals surface area contributed by atoms with Crippen molar-refractivity contribution in [3.63, 3.8) is 0 Å². The van der Waals surface area contributed by atoms with Gasteiger partial charge in [-0.1, -0.05) is 0 Å². The van der Waals surface area contributed by atoms with E-state index in [1.807, 2.05) is 25.1 Å². The molecule has 142 valence electrons. The molecular formula is C20H21BrN2O4. The molecule has 0 spiro atoms. The quantitative estimate of drug-likeness (QED) is 0.440. The Morgan fingerprint density at radius 2 is 1.96 bits per heavy atom. The van der Waals surface area contributed by atoms with Gasteiger partial charge in [-0.25, -0.2) is 0 Å². The summed E-state index contributed by atoms with van der Waals surface area (Å²) in [5.41, 5.74) is 8.69. The van der Waals surface area contributed by atoms with Gasteiger partial charge in [0.05, 0.1) is 23.0 Å². The number of hydrogen-bond acceptors (Lipinski definition) is 6. The SMILES string of the molecule is COc1cc(/C=C(/Br)C(=O)c2ccc(N)c(N(C)C)c2)cc2c1OCCO2. The van der Waals surface area contributed by atoms with Crippen LogP contribution in [-0.2, 0) is 0 Å². The first kappa shape index (κ1) is 19.1. The molecule has 2 N–H and O–H groups in total. The van der Waals surface area contributed by atoms with Crippen molar-refractivity contribution in [1.82, 2.24) is 0 Å². The fourth-order valence-corrected chi connectivity index (χ4v) is 3.29. The standard InChI is InChI=1S/C20H21BrN2O4/c1-23(2)16-11-13(4-5-15(16)22)19(24)14(21)8-12-9-17(25-3)20-18(10-12)26-6-7-27-20/h4-5,8-11H,6-7,22H2,1-3H3/b14-8+. The van der Waals surface area contributed by atoms with E-state index in [1.54, 1.807) is 37.5 Å². The number of ketones is 1. The van der Waals surface area contributed by atoms with Crippen molar-refractivity contribution < 1.29 is 19.0 Å². The van der Waals surface area contributed by atoms with Gasteiger partial charge >= 0.3 is 0 Å². The number of methoxy groups -OCH3 is 1. The van der Waals surface area contributed by atoms with Crippen LogP contribution in [0.4, 0.5) is 11.4 Å². The monoisotopic (exact) mass is 432 g/mol. The van der Waals surface area contributed by atoms with Gasteiger partial charge in [-0.3, -0.25) is 4.79 Å². The fraction of sp³-hybridized carbons (Fsp3) is 0.250. The number of fused-ring (bicyclic) bond motifs is 1. The van der Waals surface area contributed by atoms with Crippen molar-refractivity contribution in [2.75, 3.05) is 45.1 Å².